The van der Waals surface area contributed by atoms with Crippen LogP contribution in [0.2, 0.25) is 0 Å². The number of hydrogen-bond donors (Lipinski definition) is 3. The van der Waals surface area contributed by atoms with Crippen molar-refractivity contribution in [1.82, 2.24) is 5.32 Å². The van der Waals surface area contributed by atoms with Gasteiger partial charge in [-0.3, -0.25) is 0 Å². The number of nitrogens with one attached hydrogen (secondary N) is 1. The van der Waals surface area contributed by atoms with E-state index in [4.69, 9.17) is 9.47 Å². The van der Waals surface area contributed by atoms with Crippen molar-refractivity contribution >= 4 is 11.2 Å². The van der Waals surface area contributed by atoms with Gasteiger partial charge in [0.05, 0.1) is 19.8 Å². The lowest BCUT2D eigenvalue weighted by Gasteiger charge is -2.18. The predicted molar refractivity (Wildman–Crippen MR) is 110 cm³/mol. The van der Waals surface area contributed by atoms with Crippen LogP contribution in [0, 0.1) is 0 Å². The zero-order valence-electron chi connectivity index (χ0n) is 16.6. The normalized spacial score (nSPS) is 14.5. The van der Waals surface area contributed by atoms with Crippen molar-refractivity contribution in [2.75, 3.05) is 26.5 Å². The number of aromatic hydroxyl groups is 1. The van der Waals surface area contributed by atoms with Gasteiger partial charge in [0.15, 0.2) is 10.6 Å². The molecule has 0 aliphatic heterocycles. The van der Waals surface area contributed by atoms with Crippen LogP contribution in [0.1, 0.15) is 30.6 Å². The van der Waals surface area contributed by atoms with Crippen molar-refractivity contribution < 1.29 is 24.2 Å². The molecule has 0 heterocycles. The zero-order valence-corrected chi connectivity index (χ0v) is 17.4. The van der Waals surface area contributed by atoms with E-state index >= 15 is 0 Å². The number of methoxy groups -OCH3 is 1. The Labute approximate surface area is 169 Å². The van der Waals surface area contributed by atoms with Crippen LogP contribution in [0.25, 0.3) is 0 Å². The van der Waals surface area contributed by atoms with Gasteiger partial charge in [-0.05, 0) is 53.8 Å². The maximum Gasteiger partial charge on any atom is 0.194 e. The van der Waals surface area contributed by atoms with E-state index in [-0.39, 0.29) is 11.8 Å². The third-order valence-corrected chi connectivity index (χ3v) is 5.41. The van der Waals surface area contributed by atoms with E-state index in [1.54, 1.807) is 19.2 Å². The number of aliphatic hydroxyl groups excluding tert-OH is 1. The third kappa shape index (κ3) is 7.00. The molecule has 0 aromatic heterocycles. The molecule has 2 aromatic carbocycles. The highest BCUT2D eigenvalue weighted by molar-refractivity contribution is 7.90. The maximum absolute atomic E-state index is 11.6. The van der Waals surface area contributed by atoms with Crippen molar-refractivity contribution in [3.05, 3.63) is 53.6 Å². The van der Waals surface area contributed by atoms with E-state index in [1.165, 1.54) is 12.3 Å². The van der Waals surface area contributed by atoms with Gasteiger partial charge in [0.25, 0.3) is 0 Å². The van der Waals surface area contributed by atoms with E-state index in [0.29, 0.717) is 30.2 Å². The number of aliphatic hydroxyl groups is 1. The maximum atomic E-state index is 11.6. The molecule has 3 unspecified atom stereocenters. The van der Waals surface area contributed by atoms with Crippen LogP contribution in [-0.4, -0.2) is 47.3 Å². The second-order valence-corrected chi connectivity index (χ2v) is 8.04. The fraction of sp³-hybridized carbons (Fsp3) is 0.429. The number of ether oxygens (including phenoxy) is 2. The van der Waals surface area contributed by atoms with Crippen molar-refractivity contribution in [2.45, 2.75) is 37.0 Å². The summed E-state index contributed by atoms with van der Waals surface area (Å²) >= 11 is -1.31. The molecule has 0 bridgehead atoms. The molecule has 154 valence electrons. The van der Waals surface area contributed by atoms with Crippen LogP contribution in [0.3, 0.4) is 0 Å². The minimum absolute atomic E-state index is 0.0212. The Morgan fingerprint density at radius 3 is 2.54 bits per heavy atom. The lowest BCUT2D eigenvalue weighted by Crippen LogP contribution is -2.31. The number of phenols is 1. The Bertz CT molecular complexity index is 723. The minimum Gasteiger partial charge on any atom is -0.612 e. The third-order valence-electron chi connectivity index (χ3n) is 4.46. The van der Waals surface area contributed by atoms with E-state index in [1.807, 2.05) is 31.2 Å². The van der Waals surface area contributed by atoms with Crippen LogP contribution >= 0.6 is 0 Å². The Hall–Kier alpha value is -1.77. The van der Waals surface area contributed by atoms with Gasteiger partial charge in [-0.15, -0.1) is 0 Å². The van der Waals surface area contributed by atoms with Crippen molar-refractivity contribution in [3.63, 3.8) is 0 Å². The highest BCUT2D eigenvalue weighted by Gasteiger charge is 2.16. The summed E-state index contributed by atoms with van der Waals surface area (Å²) in [5.74, 6) is 0.804. The second-order valence-electron chi connectivity index (χ2n) is 6.70. The molecule has 0 saturated carbocycles. The Kier molecular flexibility index (Phi) is 9.08. The lowest BCUT2D eigenvalue weighted by atomic mass is 10.1. The molecule has 0 saturated heterocycles. The largest absolute Gasteiger partial charge is 0.612 e. The summed E-state index contributed by atoms with van der Waals surface area (Å²) < 4.78 is 22.5. The molecule has 0 fully saturated rings. The van der Waals surface area contributed by atoms with Crippen molar-refractivity contribution in [3.8, 4) is 11.5 Å². The summed E-state index contributed by atoms with van der Waals surface area (Å²) in [6, 6.07) is 12.6. The average molecular weight is 408 g/mol. The number of phenolic OH excluding ortho intramolecular Hbond substituents is 1. The molecular weight excluding hydrogens is 378 g/mol. The van der Waals surface area contributed by atoms with Crippen molar-refractivity contribution in [1.29, 1.82) is 0 Å². The first-order valence-corrected chi connectivity index (χ1v) is 10.7. The van der Waals surface area contributed by atoms with Crippen LogP contribution < -0.4 is 10.1 Å². The molecule has 6 nitrogen and oxygen atoms in total. The number of hydrogen-bond acceptors (Lipinski definition) is 6. The van der Waals surface area contributed by atoms with E-state index < -0.39 is 17.3 Å². The summed E-state index contributed by atoms with van der Waals surface area (Å²) in [6.07, 6.45) is 1.56. The topological polar surface area (TPSA) is 94.0 Å². The predicted octanol–water partition coefficient (Wildman–Crippen LogP) is 2.76. The molecule has 7 heteroatoms. The molecule has 0 amide bonds. The van der Waals surface area contributed by atoms with Gasteiger partial charge < -0.3 is 29.6 Å². The van der Waals surface area contributed by atoms with E-state index in [2.05, 4.69) is 5.32 Å². The minimum atomic E-state index is -1.31. The van der Waals surface area contributed by atoms with Gasteiger partial charge >= 0.3 is 0 Å². The molecule has 2 rings (SSSR count). The van der Waals surface area contributed by atoms with Gasteiger partial charge in [-0.25, -0.2) is 0 Å². The Balaban J connectivity index is 1.70. The summed E-state index contributed by atoms with van der Waals surface area (Å²) in [6.45, 7) is 3.55. The highest BCUT2D eigenvalue weighted by atomic mass is 32.2. The number of benzene rings is 2. The van der Waals surface area contributed by atoms with Gasteiger partial charge in [-0.2, -0.15) is 0 Å². The quantitative estimate of drug-likeness (QED) is 0.392. The molecule has 3 atom stereocenters. The van der Waals surface area contributed by atoms with Gasteiger partial charge in [-0.1, -0.05) is 18.2 Å². The molecule has 3 N–H and O–H groups in total. The lowest BCUT2D eigenvalue weighted by molar-refractivity contribution is 0.109. The first-order chi connectivity index (χ1) is 13.4. The SMILES string of the molecule is COc1ccc(COCCC(C)NCC(O)c2ccc(O)c([S+](C)[O-])c2)cc1. The first kappa shape index (κ1) is 22.5. The average Bonchev–Trinajstić information content (AvgIpc) is 2.70. The molecule has 28 heavy (non-hydrogen) atoms. The fourth-order valence-corrected chi connectivity index (χ4v) is 3.34. The van der Waals surface area contributed by atoms with Gasteiger partial charge in [0.1, 0.15) is 12.0 Å². The monoisotopic (exact) mass is 407 g/mol. The Morgan fingerprint density at radius 1 is 1.18 bits per heavy atom. The molecule has 2 aromatic rings. The molecule has 0 spiro atoms. The second kappa shape index (κ2) is 11.3. The standard InChI is InChI=1S/C21H29NO5S/c1-15(10-11-27-14-16-4-7-18(26-2)8-5-16)22-13-20(24)17-6-9-19(23)21(12-17)28(3)25/h4-9,12,15,20,22-24H,10-11,13-14H2,1-3H3. The van der Waals surface area contributed by atoms with Crippen LogP contribution in [0.4, 0.5) is 0 Å². The van der Waals surface area contributed by atoms with Crippen LogP contribution in [0.5, 0.6) is 11.5 Å². The van der Waals surface area contributed by atoms with Gasteiger partial charge in [0, 0.05) is 25.3 Å². The van der Waals surface area contributed by atoms with Crippen molar-refractivity contribution in [2.24, 2.45) is 0 Å². The number of rotatable bonds is 11. The molecule has 0 aliphatic rings. The van der Waals surface area contributed by atoms with E-state index in [0.717, 1.165) is 17.7 Å². The van der Waals surface area contributed by atoms with Crippen LogP contribution in [-0.2, 0) is 22.5 Å². The van der Waals surface area contributed by atoms with Gasteiger partial charge in [0.2, 0.25) is 0 Å². The van der Waals surface area contributed by atoms with E-state index in [9.17, 15) is 14.8 Å². The summed E-state index contributed by atoms with van der Waals surface area (Å²) in [5.41, 5.74) is 1.71. The molecular formula is C21H29NO5S. The molecule has 0 radical (unpaired) electrons. The zero-order chi connectivity index (χ0) is 20.5. The van der Waals surface area contributed by atoms with Crippen LogP contribution in [0.15, 0.2) is 47.4 Å². The first-order valence-electron chi connectivity index (χ1n) is 9.19. The molecule has 0 aliphatic carbocycles. The fourth-order valence-electron chi connectivity index (χ4n) is 2.67. The highest BCUT2D eigenvalue weighted by Crippen LogP contribution is 2.26. The summed E-state index contributed by atoms with van der Waals surface area (Å²) in [7, 11) is 1.64. The Morgan fingerprint density at radius 2 is 1.89 bits per heavy atom. The summed E-state index contributed by atoms with van der Waals surface area (Å²) in [4.78, 5) is 0.330. The summed E-state index contributed by atoms with van der Waals surface area (Å²) in [5, 5.41) is 23.3. The smallest absolute Gasteiger partial charge is 0.194 e.